The zero-order valence-corrected chi connectivity index (χ0v) is 25.5. The highest BCUT2D eigenvalue weighted by Crippen LogP contribution is 2.33. The molecule has 0 heterocycles. The number of hydrogen-bond donors (Lipinski definition) is 1. The summed E-state index contributed by atoms with van der Waals surface area (Å²) < 4.78 is 34.9. The Hall–Kier alpha value is -3.85. The zero-order chi connectivity index (χ0) is 30.1. The second-order valence-electron chi connectivity index (χ2n) is 10.8. The van der Waals surface area contributed by atoms with E-state index in [1.807, 2.05) is 38.1 Å². The van der Waals surface area contributed by atoms with Gasteiger partial charge in [0.05, 0.1) is 17.2 Å². The van der Waals surface area contributed by atoms with Crippen LogP contribution in [0.1, 0.15) is 57.1 Å². The van der Waals surface area contributed by atoms with Gasteiger partial charge in [0.1, 0.15) is 18.3 Å². The van der Waals surface area contributed by atoms with Gasteiger partial charge in [-0.3, -0.25) is 13.9 Å². The van der Waals surface area contributed by atoms with Crippen LogP contribution in [0.5, 0.6) is 5.75 Å². The Balaban J connectivity index is 1.70. The summed E-state index contributed by atoms with van der Waals surface area (Å²) in [6.45, 7) is 5.46. The SMILES string of the molecule is CCOc1ccccc1N(CC(=O)N(Cc1cccc(C)c1)C(C)C(=O)NC1CCCCC1)S(=O)(=O)c1ccccc1. The lowest BCUT2D eigenvalue weighted by atomic mass is 9.95. The molecule has 0 bridgehead atoms. The molecule has 2 amide bonds. The van der Waals surface area contributed by atoms with E-state index in [0.717, 1.165) is 47.5 Å². The maximum absolute atomic E-state index is 14.2. The quantitative estimate of drug-likeness (QED) is 0.302. The number of hydrogen-bond acceptors (Lipinski definition) is 5. The number of aryl methyl sites for hydroxylation is 1. The van der Waals surface area contributed by atoms with E-state index in [0.29, 0.717) is 12.4 Å². The van der Waals surface area contributed by atoms with Crippen LogP contribution in [-0.4, -0.2) is 50.4 Å². The van der Waals surface area contributed by atoms with Gasteiger partial charge >= 0.3 is 0 Å². The summed E-state index contributed by atoms with van der Waals surface area (Å²) in [5.74, 6) is -0.385. The molecule has 224 valence electrons. The molecule has 1 atom stereocenters. The first-order valence-electron chi connectivity index (χ1n) is 14.7. The van der Waals surface area contributed by atoms with E-state index in [-0.39, 0.29) is 29.1 Å². The molecule has 4 rings (SSSR count). The van der Waals surface area contributed by atoms with Crippen LogP contribution in [0.3, 0.4) is 0 Å². The molecule has 3 aromatic rings. The Morgan fingerprint density at radius 1 is 0.952 bits per heavy atom. The molecule has 0 aliphatic heterocycles. The fourth-order valence-electron chi connectivity index (χ4n) is 5.33. The zero-order valence-electron chi connectivity index (χ0n) is 24.7. The predicted molar refractivity (Wildman–Crippen MR) is 165 cm³/mol. The number of carbonyl (C=O) groups excluding carboxylic acids is 2. The molecule has 8 nitrogen and oxygen atoms in total. The van der Waals surface area contributed by atoms with Gasteiger partial charge in [-0.05, 0) is 63.4 Å². The molecule has 1 N–H and O–H groups in total. The Bertz CT molecular complexity index is 1460. The highest BCUT2D eigenvalue weighted by atomic mass is 32.2. The lowest BCUT2D eigenvalue weighted by Crippen LogP contribution is -2.53. The summed E-state index contributed by atoms with van der Waals surface area (Å²) >= 11 is 0. The van der Waals surface area contributed by atoms with Crippen molar-refractivity contribution in [2.75, 3.05) is 17.5 Å². The van der Waals surface area contributed by atoms with Gasteiger partial charge in [-0.25, -0.2) is 8.42 Å². The third kappa shape index (κ3) is 7.70. The number of nitrogens with one attached hydrogen (secondary N) is 1. The van der Waals surface area contributed by atoms with E-state index in [4.69, 9.17) is 4.74 Å². The van der Waals surface area contributed by atoms with E-state index in [2.05, 4.69) is 5.32 Å². The van der Waals surface area contributed by atoms with Crippen LogP contribution in [0.2, 0.25) is 0 Å². The Kier molecular flexibility index (Phi) is 10.6. The summed E-state index contributed by atoms with van der Waals surface area (Å²) in [5.41, 5.74) is 2.14. The van der Waals surface area contributed by atoms with Gasteiger partial charge < -0.3 is 15.0 Å². The smallest absolute Gasteiger partial charge is 0.264 e. The van der Waals surface area contributed by atoms with Crippen molar-refractivity contribution in [3.05, 3.63) is 90.0 Å². The number of para-hydroxylation sites is 2. The number of rotatable bonds is 12. The monoisotopic (exact) mass is 591 g/mol. The summed E-state index contributed by atoms with van der Waals surface area (Å²) in [6.07, 6.45) is 5.13. The number of ether oxygens (including phenoxy) is 1. The summed E-state index contributed by atoms with van der Waals surface area (Å²) in [4.78, 5) is 29.2. The van der Waals surface area contributed by atoms with Gasteiger partial charge in [0.2, 0.25) is 11.8 Å². The van der Waals surface area contributed by atoms with Crippen molar-refractivity contribution in [2.24, 2.45) is 0 Å². The molecule has 1 saturated carbocycles. The lowest BCUT2D eigenvalue weighted by molar-refractivity contribution is -0.139. The number of amides is 2. The molecule has 0 saturated heterocycles. The van der Waals surface area contributed by atoms with Gasteiger partial charge in [0.15, 0.2) is 0 Å². The molecule has 42 heavy (non-hydrogen) atoms. The second-order valence-corrected chi connectivity index (χ2v) is 12.6. The maximum atomic E-state index is 14.2. The first-order valence-corrected chi connectivity index (χ1v) is 16.1. The van der Waals surface area contributed by atoms with Gasteiger partial charge in [-0.2, -0.15) is 0 Å². The van der Waals surface area contributed by atoms with Crippen LogP contribution in [0.4, 0.5) is 5.69 Å². The molecule has 0 spiro atoms. The largest absolute Gasteiger partial charge is 0.492 e. The van der Waals surface area contributed by atoms with E-state index in [1.165, 1.54) is 17.0 Å². The van der Waals surface area contributed by atoms with Crippen LogP contribution in [0.25, 0.3) is 0 Å². The minimum atomic E-state index is -4.17. The minimum absolute atomic E-state index is 0.0532. The summed E-state index contributed by atoms with van der Waals surface area (Å²) in [5, 5.41) is 3.13. The van der Waals surface area contributed by atoms with Gasteiger partial charge in [0.25, 0.3) is 10.0 Å². The highest BCUT2D eigenvalue weighted by molar-refractivity contribution is 7.92. The van der Waals surface area contributed by atoms with Gasteiger partial charge in [0, 0.05) is 12.6 Å². The fraction of sp³-hybridized carbons (Fsp3) is 0.394. The molecule has 1 aliphatic carbocycles. The van der Waals surface area contributed by atoms with Crippen molar-refractivity contribution in [1.29, 1.82) is 0 Å². The third-order valence-corrected chi connectivity index (χ3v) is 9.37. The Morgan fingerprint density at radius 3 is 2.33 bits per heavy atom. The predicted octanol–water partition coefficient (Wildman–Crippen LogP) is 5.46. The van der Waals surface area contributed by atoms with Crippen LogP contribution < -0.4 is 14.4 Å². The van der Waals surface area contributed by atoms with Crippen molar-refractivity contribution in [3.8, 4) is 5.75 Å². The molecule has 9 heteroatoms. The summed E-state index contributed by atoms with van der Waals surface area (Å²) in [6, 6.07) is 21.8. The first kappa shape index (κ1) is 31.1. The topological polar surface area (TPSA) is 96.0 Å². The van der Waals surface area contributed by atoms with Crippen LogP contribution in [-0.2, 0) is 26.2 Å². The van der Waals surface area contributed by atoms with Crippen LogP contribution >= 0.6 is 0 Å². The van der Waals surface area contributed by atoms with Crippen molar-refractivity contribution in [3.63, 3.8) is 0 Å². The van der Waals surface area contributed by atoms with Crippen LogP contribution in [0.15, 0.2) is 83.8 Å². The first-order chi connectivity index (χ1) is 20.2. The van der Waals surface area contributed by atoms with Crippen molar-refractivity contribution in [2.45, 2.75) is 76.4 Å². The number of nitrogens with zero attached hydrogens (tertiary/aromatic N) is 2. The normalized spacial score (nSPS) is 14.5. The van der Waals surface area contributed by atoms with Crippen molar-refractivity contribution in [1.82, 2.24) is 10.2 Å². The Morgan fingerprint density at radius 2 is 1.64 bits per heavy atom. The highest BCUT2D eigenvalue weighted by Gasteiger charge is 2.34. The molecule has 1 unspecified atom stereocenters. The number of sulfonamides is 1. The van der Waals surface area contributed by atoms with Crippen molar-refractivity contribution >= 4 is 27.5 Å². The lowest BCUT2D eigenvalue weighted by Gasteiger charge is -2.33. The average Bonchev–Trinajstić information content (AvgIpc) is 2.99. The van der Waals surface area contributed by atoms with Crippen molar-refractivity contribution < 1.29 is 22.7 Å². The third-order valence-electron chi connectivity index (χ3n) is 7.60. The summed E-state index contributed by atoms with van der Waals surface area (Å²) in [7, 11) is -4.17. The second kappa shape index (κ2) is 14.4. The fourth-order valence-corrected chi connectivity index (χ4v) is 6.78. The van der Waals surface area contributed by atoms with Gasteiger partial charge in [-0.1, -0.05) is 79.4 Å². The maximum Gasteiger partial charge on any atom is 0.264 e. The van der Waals surface area contributed by atoms with E-state index >= 15 is 0 Å². The molecular formula is C33H41N3O5S. The number of benzene rings is 3. The van der Waals surface area contributed by atoms with E-state index in [9.17, 15) is 18.0 Å². The number of carbonyl (C=O) groups is 2. The molecule has 1 fully saturated rings. The molecular weight excluding hydrogens is 550 g/mol. The average molecular weight is 592 g/mol. The standard InChI is InChI=1S/C33H41N3O5S/c1-4-41-31-21-12-11-20-30(31)36(42(39,40)29-18-9-6-10-19-29)24-32(37)35(23-27-15-13-14-25(2)22-27)26(3)33(38)34-28-16-7-5-8-17-28/h6,9-15,18-22,26,28H,4-5,7-8,16-17,23-24H2,1-3H3,(H,34,38). The minimum Gasteiger partial charge on any atom is -0.492 e. The molecule has 1 aliphatic rings. The van der Waals surface area contributed by atoms with E-state index < -0.39 is 28.5 Å². The van der Waals surface area contributed by atoms with Crippen LogP contribution in [0, 0.1) is 6.92 Å². The molecule has 0 aromatic heterocycles. The molecule has 3 aromatic carbocycles. The molecule has 0 radical (unpaired) electrons. The Labute approximate surface area is 249 Å². The van der Waals surface area contributed by atoms with Gasteiger partial charge in [-0.15, -0.1) is 0 Å². The van der Waals surface area contributed by atoms with E-state index in [1.54, 1.807) is 49.4 Å². The number of anilines is 1.